The van der Waals surface area contributed by atoms with Crippen molar-refractivity contribution in [1.82, 2.24) is 0 Å². The number of hydrogen-bond acceptors (Lipinski definition) is 0. The lowest BCUT2D eigenvalue weighted by molar-refractivity contribution is 0.132. The molecule has 0 fully saturated rings. The first kappa shape index (κ1) is 28.0. The molecular weight excluding hydrogens is 336 g/mol. The highest BCUT2D eigenvalue weighted by Gasteiger charge is 2.30. The van der Waals surface area contributed by atoms with Gasteiger partial charge in [-0.1, -0.05) is 151 Å². The van der Waals surface area contributed by atoms with Crippen LogP contribution < -0.4 is 0 Å². The molecule has 0 aromatic carbocycles. The van der Waals surface area contributed by atoms with E-state index in [2.05, 4.69) is 41.5 Å². The quantitative estimate of drug-likeness (QED) is 0.170. The van der Waals surface area contributed by atoms with E-state index in [1.807, 2.05) is 0 Å². The van der Waals surface area contributed by atoms with Crippen molar-refractivity contribution >= 4 is 0 Å². The van der Waals surface area contributed by atoms with Crippen LogP contribution in [-0.2, 0) is 0 Å². The van der Waals surface area contributed by atoms with Gasteiger partial charge in [-0.2, -0.15) is 0 Å². The monoisotopic (exact) mass is 394 g/mol. The Kier molecular flexibility index (Phi) is 20.3. The Morgan fingerprint density at radius 2 is 0.821 bits per heavy atom. The van der Waals surface area contributed by atoms with E-state index in [1.54, 1.807) is 0 Å². The second kappa shape index (κ2) is 20.3. The molecular formula is C28H58. The second-order valence-corrected chi connectivity index (χ2v) is 10.0. The first-order chi connectivity index (χ1) is 13.6. The molecule has 0 heterocycles. The zero-order valence-electron chi connectivity index (χ0n) is 21.0. The van der Waals surface area contributed by atoms with Gasteiger partial charge in [-0.25, -0.2) is 0 Å². The molecule has 2 unspecified atom stereocenters. The molecule has 28 heavy (non-hydrogen) atoms. The maximum absolute atomic E-state index is 2.51. The normalized spacial score (nSPS) is 14.1. The minimum atomic E-state index is 0.856. The van der Waals surface area contributed by atoms with Crippen LogP contribution in [-0.4, -0.2) is 0 Å². The lowest BCUT2D eigenvalue weighted by Crippen LogP contribution is -2.28. The van der Waals surface area contributed by atoms with E-state index in [0.29, 0.717) is 0 Å². The fourth-order valence-electron chi connectivity index (χ4n) is 5.40. The summed E-state index contributed by atoms with van der Waals surface area (Å²) in [6.07, 6.45) is 26.1. The average Bonchev–Trinajstić information content (AvgIpc) is 2.68. The SMILES string of the molecule is CCCCCCCC(CCCCCCC)C(CCCCC)C(CCC)C(C)C. The van der Waals surface area contributed by atoms with Crippen LogP contribution in [0.15, 0.2) is 0 Å². The van der Waals surface area contributed by atoms with Gasteiger partial charge >= 0.3 is 0 Å². The molecule has 0 bridgehead atoms. The molecule has 170 valence electrons. The van der Waals surface area contributed by atoms with E-state index in [9.17, 15) is 0 Å². The van der Waals surface area contributed by atoms with Crippen molar-refractivity contribution in [2.45, 2.75) is 157 Å². The lowest BCUT2D eigenvalue weighted by Gasteiger charge is -2.37. The van der Waals surface area contributed by atoms with Crippen molar-refractivity contribution in [2.24, 2.45) is 23.7 Å². The average molecular weight is 395 g/mol. The molecule has 0 aliphatic heterocycles. The van der Waals surface area contributed by atoms with Crippen molar-refractivity contribution in [2.75, 3.05) is 0 Å². The van der Waals surface area contributed by atoms with Gasteiger partial charge in [0.25, 0.3) is 0 Å². The fourth-order valence-corrected chi connectivity index (χ4v) is 5.40. The molecule has 0 saturated carbocycles. The Hall–Kier alpha value is 0. The van der Waals surface area contributed by atoms with Crippen LogP contribution >= 0.6 is 0 Å². The van der Waals surface area contributed by atoms with Crippen LogP contribution in [0.1, 0.15) is 157 Å². The molecule has 0 aromatic heterocycles. The Bertz CT molecular complexity index is 278. The maximum Gasteiger partial charge on any atom is -0.0355 e. The summed E-state index contributed by atoms with van der Waals surface area (Å²) in [6, 6.07) is 0. The Morgan fingerprint density at radius 1 is 0.393 bits per heavy atom. The highest BCUT2D eigenvalue weighted by molar-refractivity contribution is 4.80. The second-order valence-electron chi connectivity index (χ2n) is 10.0. The highest BCUT2D eigenvalue weighted by atomic mass is 14.3. The van der Waals surface area contributed by atoms with Crippen molar-refractivity contribution in [1.29, 1.82) is 0 Å². The summed E-state index contributed by atoms with van der Waals surface area (Å²) in [5.74, 6) is 3.80. The molecule has 0 radical (unpaired) electrons. The molecule has 2 atom stereocenters. The summed E-state index contributed by atoms with van der Waals surface area (Å²) in [5, 5.41) is 0. The molecule has 0 spiro atoms. The summed E-state index contributed by atoms with van der Waals surface area (Å²) in [4.78, 5) is 0. The smallest absolute Gasteiger partial charge is 0.0355 e. The van der Waals surface area contributed by atoms with Crippen LogP contribution in [0.2, 0.25) is 0 Å². The van der Waals surface area contributed by atoms with Crippen molar-refractivity contribution in [3.63, 3.8) is 0 Å². The van der Waals surface area contributed by atoms with Gasteiger partial charge in [0.2, 0.25) is 0 Å². The van der Waals surface area contributed by atoms with Crippen LogP contribution in [0.5, 0.6) is 0 Å². The first-order valence-corrected chi connectivity index (χ1v) is 13.6. The summed E-state index contributed by atoms with van der Waals surface area (Å²) in [6.45, 7) is 14.4. The Morgan fingerprint density at radius 3 is 1.25 bits per heavy atom. The van der Waals surface area contributed by atoms with E-state index in [-0.39, 0.29) is 0 Å². The molecule has 0 nitrogen and oxygen atoms in total. The molecule has 0 amide bonds. The molecule has 0 N–H and O–H groups in total. The Balaban J connectivity index is 4.98. The van der Waals surface area contributed by atoms with Gasteiger partial charge in [0.1, 0.15) is 0 Å². The third-order valence-electron chi connectivity index (χ3n) is 7.13. The molecule has 0 heteroatoms. The van der Waals surface area contributed by atoms with E-state index < -0.39 is 0 Å². The van der Waals surface area contributed by atoms with Gasteiger partial charge in [-0.15, -0.1) is 0 Å². The molecule has 0 saturated heterocycles. The fraction of sp³-hybridized carbons (Fsp3) is 1.00. The summed E-state index contributed by atoms with van der Waals surface area (Å²) in [7, 11) is 0. The van der Waals surface area contributed by atoms with Gasteiger partial charge in [0.15, 0.2) is 0 Å². The number of unbranched alkanes of at least 4 members (excludes halogenated alkanes) is 10. The summed E-state index contributed by atoms with van der Waals surface area (Å²) in [5.41, 5.74) is 0. The zero-order chi connectivity index (χ0) is 21.0. The van der Waals surface area contributed by atoms with Gasteiger partial charge < -0.3 is 0 Å². The van der Waals surface area contributed by atoms with E-state index in [4.69, 9.17) is 0 Å². The van der Waals surface area contributed by atoms with Gasteiger partial charge in [-0.05, 0) is 30.1 Å². The topological polar surface area (TPSA) is 0 Å². The zero-order valence-corrected chi connectivity index (χ0v) is 21.0. The Labute approximate surface area is 181 Å². The lowest BCUT2D eigenvalue weighted by atomic mass is 9.69. The van der Waals surface area contributed by atoms with E-state index in [1.165, 1.54) is 116 Å². The van der Waals surface area contributed by atoms with Crippen LogP contribution in [0.25, 0.3) is 0 Å². The van der Waals surface area contributed by atoms with Crippen LogP contribution in [0.4, 0.5) is 0 Å². The van der Waals surface area contributed by atoms with E-state index in [0.717, 1.165) is 23.7 Å². The largest absolute Gasteiger partial charge is 0.0654 e. The third kappa shape index (κ3) is 14.1. The highest BCUT2D eigenvalue weighted by Crippen LogP contribution is 2.39. The summed E-state index contributed by atoms with van der Waals surface area (Å²) >= 11 is 0. The van der Waals surface area contributed by atoms with Crippen LogP contribution in [0.3, 0.4) is 0 Å². The number of rotatable bonds is 21. The summed E-state index contributed by atoms with van der Waals surface area (Å²) < 4.78 is 0. The van der Waals surface area contributed by atoms with Gasteiger partial charge in [0, 0.05) is 0 Å². The van der Waals surface area contributed by atoms with Gasteiger partial charge in [-0.3, -0.25) is 0 Å². The standard InChI is InChI=1S/C28H58/c1-7-11-14-16-19-22-26(23-20-17-15-12-8-2)28(24-18-13-9-3)27(21-10-4)25(5)6/h25-28H,7-24H2,1-6H3. The molecule has 0 rings (SSSR count). The van der Waals surface area contributed by atoms with Crippen molar-refractivity contribution in [3.8, 4) is 0 Å². The van der Waals surface area contributed by atoms with E-state index >= 15 is 0 Å². The molecule has 0 aromatic rings. The van der Waals surface area contributed by atoms with Gasteiger partial charge in [0.05, 0.1) is 0 Å². The predicted octanol–water partition coefficient (Wildman–Crippen LogP) is 10.6. The van der Waals surface area contributed by atoms with Crippen molar-refractivity contribution < 1.29 is 0 Å². The van der Waals surface area contributed by atoms with Crippen molar-refractivity contribution in [3.05, 3.63) is 0 Å². The molecule has 0 aliphatic carbocycles. The molecule has 0 aliphatic rings. The minimum absolute atomic E-state index is 0.856. The number of hydrogen-bond donors (Lipinski definition) is 0. The predicted molar refractivity (Wildman–Crippen MR) is 131 cm³/mol. The minimum Gasteiger partial charge on any atom is -0.0654 e. The maximum atomic E-state index is 2.51. The third-order valence-corrected chi connectivity index (χ3v) is 7.13. The van der Waals surface area contributed by atoms with Crippen LogP contribution in [0, 0.1) is 23.7 Å². The first-order valence-electron chi connectivity index (χ1n) is 13.6.